The number of urea groups is 1. The zero-order chi connectivity index (χ0) is 16.5. The van der Waals surface area contributed by atoms with E-state index >= 15 is 0 Å². The number of hydrogen-bond donors (Lipinski definition) is 2. The molecule has 0 aliphatic carbocycles. The predicted octanol–water partition coefficient (Wildman–Crippen LogP) is 3.23. The number of rotatable bonds is 7. The van der Waals surface area contributed by atoms with Crippen LogP contribution in [-0.2, 0) is 6.54 Å². The molecular formula is C18H22N2O3. The SMILES string of the molecule is CCOc1ccccc1OCNC(=O)NCc1ccccc1C. The van der Waals surface area contributed by atoms with E-state index in [2.05, 4.69) is 10.6 Å². The molecule has 2 aromatic rings. The summed E-state index contributed by atoms with van der Waals surface area (Å²) >= 11 is 0. The zero-order valence-corrected chi connectivity index (χ0v) is 13.5. The molecule has 0 heterocycles. The lowest BCUT2D eigenvalue weighted by atomic mass is 10.1. The summed E-state index contributed by atoms with van der Waals surface area (Å²) in [5.41, 5.74) is 2.24. The number of ether oxygens (including phenoxy) is 2. The van der Waals surface area contributed by atoms with Crippen molar-refractivity contribution in [2.75, 3.05) is 13.3 Å². The van der Waals surface area contributed by atoms with Crippen LogP contribution in [0.2, 0.25) is 0 Å². The van der Waals surface area contributed by atoms with Crippen LogP contribution in [0.5, 0.6) is 11.5 Å². The molecule has 0 fully saturated rings. The van der Waals surface area contributed by atoms with Gasteiger partial charge in [0.25, 0.3) is 0 Å². The molecule has 0 unspecified atom stereocenters. The third-order valence-electron chi connectivity index (χ3n) is 3.31. The topological polar surface area (TPSA) is 59.6 Å². The van der Waals surface area contributed by atoms with Crippen LogP contribution in [0.1, 0.15) is 18.1 Å². The van der Waals surface area contributed by atoms with Crippen molar-refractivity contribution in [1.29, 1.82) is 0 Å². The maximum absolute atomic E-state index is 11.8. The van der Waals surface area contributed by atoms with Gasteiger partial charge >= 0.3 is 6.03 Å². The fraction of sp³-hybridized carbons (Fsp3) is 0.278. The van der Waals surface area contributed by atoms with Gasteiger partial charge in [-0.05, 0) is 37.1 Å². The maximum Gasteiger partial charge on any atom is 0.317 e. The van der Waals surface area contributed by atoms with Gasteiger partial charge in [0.05, 0.1) is 6.61 Å². The number of hydrogen-bond acceptors (Lipinski definition) is 3. The Kier molecular flexibility index (Phi) is 6.29. The lowest BCUT2D eigenvalue weighted by Crippen LogP contribution is -2.37. The molecule has 0 aliphatic heterocycles. The number of para-hydroxylation sites is 2. The highest BCUT2D eigenvalue weighted by Gasteiger charge is 2.05. The average molecular weight is 314 g/mol. The van der Waals surface area contributed by atoms with Crippen molar-refractivity contribution in [2.45, 2.75) is 20.4 Å². The highest BCUT2D eigenvalue weighted by atomic mass is 16.5. The monoisotopic (exact) mass is 314 g/mol. The minimum Gasteiger partial charge on any atom is -0.490 e. The summed E-state index contributed by atoms with van der Waals surface area (Å²) in [4.78, 5) is 11.8. The highest BCUT2D eigenvalue weighted by molar-refractivity contribution is 5.73. The Bertz CT molecular complexity index is 644. The van der Waals surface area contributed by atoms with Crippen LogP contribution in [0.4, 0.5) is 4.79 Å². The average Bonchev–Trinajstić information content (AvgIpc) is 2.56. The van der Waals surface area contributed by atoms with Crippen molar-refractivity contribution in [3.63, 3.8) is 0 Å². The summed E-state index contributed by atoms with van der Waals surface area (Å²) in [6.07, 6.45) is 0. The third-order valence-corrected chi connectivity index (χ3v) is 3.31. The van der Waals surface area contributed by atoms with E-state index in [0.29, 0.717) is 24.7 Å². The van der Waals surface area contributed by atoms with Crippen molar-refractivity contribution in [3.05, 3.63) is 59.7 Å². The first-order valence-electron chi connectivity index (χ1n) is 7.61. The predicted molar refractivity (Wildman–Crippen MR) is 89.7 cm³/mol. The quantitative estimate of drug-likeness (QED) is 0.771. The second kappa shape index (κ2) is 8.68. The molecule has 0 atom stereocenters. The van der Waals surface area contributed by atoms with Crippen molar-refractivity contribution >= 4 is 6.03 Å². The summed E-state index contributed by atoms with van der Waals surface area (Å²) in [6.45, 7) is 5.04. The van der Waals surface area contributed by atoms with Crippen LogP contribution in [-0.4, -0.2) is 19.4 Å². The van der Waals surface area contributed by atoms with Crippen molar-refractivity contribution in [1.82, 2.24) is 10.6 Å². The van der Waals surface area contributed by atoms with Crippen molar-refractivity contribution < 1.29 is 14.3 Å². The molecule has 2 aromatic carbocycles. The van der Waals surface area contributed by atoms with Crippen LogP contribution in [0.15, 0.2) is 48.5 Å². The van der Waals surface area contributed by atoms with Crippen molar-refractivity contribution in [3.8, 4) is 11.5 Å². The van der Waals surface area contributed by atoms with E-state index < -0.39 is 0 Å². The largest absolute Gasteiger partial charge is 0.490 e. The first-order valence-corrected chi connectivity index (χ1v) is 7.61. The number of aryl methyl sites for hydroxylation is 1. The lowest BCUT2D eigenvalue weighted by molar-refractivity contribution is 0.219. The van der Waals surface area contributed by atoms with Crippen LogP contribution in [0.25, 0.3) is 0 Å². The van der Waals surface area contributed by atoms with Gasteiger partial charge in [-0.25, -0.2) is 4.79 Å². The Morgan fingerprint density at radius 1 is 0.957 bits per heavy atom. The summed E-state index contributed by atoms with van der Waals surface area (Å²) in [5, 5.41) is 5.47. The fourth-order valence-corrected chi connectivity index (χ4v) is 2.07. The second-order valence-electron chi connectivity index (χ2n) is 4.95. The number of amides is 2. The van der Waals surface area contributed by atoms with Gasteiger partial charge in [0.2, 0.25) is 0 Å². The van der Waals surface area contributed by atoms with E-state index in [1.807, 2.05) is 56.3 Å². The number of carbonyl (C=O) groups excluding carboxylic acids is 1. The smallest absolute Gasteiger partial charge is 0.317 e. The molecule has 5 heteroatoms. The van der Waals surface area contributed by atoms with Crippen LogP contribution in [0.3, 0.4) is 0 Å². The van der Waals surface area contributed by atoms with Gasteiger partial charge in [0.15, 0.2) is 18.2 Å². The first-order chi connectivity index (χ1) is 11.2. The number of nitrogens with one attached hydrogen (secondary N) is 2. The van der Waals surface area contributed by atoms with Gasteiger partial charge in [-0.3, -0.25) is 0 Å². The van der Waals surface area contributed by atoms with Crippen molar-refractivity contribution in [2.24, 2.45) is 0 Å². The molecule has 0 saturated carbocycles. The highest BCUT2D eigenvalue weighted by Crippen LogP contribution is 2.25. The number of carbonyl (C=O) groups is 1. The first kappa shape index (κ1) is 16.7. The summed E-state index contributed by atoms with van der Waals surface area (Å²) in [7, 11) is 0. The second-order valence-corrected chi connectivity index (χ2v) is 4.95. The Labute approximate surface area is 136 Å². The molecule has 0 spiro atoms. The Morgan fingerprint density at radius 3 is 2.30 bits per heavy atom. The van der Waals surface area contributed by atoms with E-state index in [1.54, 1.807) is 6.07 Å². The zero-order valence-electron chi connectivity index (χ0n) is 13.5. The van der Waals surface area contributed by atoms with E-state index in [9.17, 15) is 4.79 Å². The molecule has 2 amide bonds. The summed E-state index contributed by atoms with van der Waals surface area (Å²) in [5.74, 6) is 1.27. The normalized spacial score (nSPS) is 10.0. The molecule has 0 aromatic heterocycles. The van der Waals surface area contributed by atoms with Crippen LogP contribution in [0, 0.1) is 6.92 Å². The molecule has 0 bridgehead atoms. The van der Waals surface area contributed by atoms with E-state index in [0.717, 1.165) is 11.1 Å². The molecule has 0 saturated heterocycles. The molecule has 2 N–H and O–H groups in total. The fourth-order valence-electron chi connectivity index (χ4n) is 2.07. The Hall–Kier alpha value is -2.69. The van der Waals surface area contributed by atoms with Gasteiger partial charge in [-0.2, -0.15) is 0 Å². The maximum atomic E-state index is 11.8. The molecular weight excluding hydrogens is 292 g/mol. The van der Waals surface area contributed by atoms with Crippen LogP contribution < -0.4 is 20.1 Å². The van der Waals surface area contributed by atoms with E-state index in [4.69, 9.17) is 9.47 Å². The minimum atomic E-state index is -0.276. The minimum absolute atomic E-state index is 0.0731. The standard InChI is InChI=1S/C18H22N2O3/c1-3-22-16-10-6-7-11-17(16)23-13-20-18(21)19-12-15-9-5-4-8-14(15)2/h4-11H,3,12-13H2,1-2H3,(H2,19,20,21). The van der Waals surface area contributed by atoms with E-state index in [1.165, 1.54) is 0 Å². The van der Waals surface area contributed by atoms with Gasteiger partial charge in [-0.1, -0.05) is 36.4 Å². The lowest BCUT2D eigenvalue weighted by Gasteiger charge is -2.13. The van der Waals surface area contributed by atoms with Gasteiger partial charge in [0, 0.05) is 6.54 Å². The third kappa shape index (κ3) is 5.21. The molecule has 23 heavy (non-hydrogen) atoms. The van der Waals surface area contributed by atoms with E-state index in [-0.39, 0.29) is 12.8 Å². The molecule has 122 valence electrons. The molecule has 0 radical (unpaired) electrons. The molecule has 2 rings (SSSR count). The van der Waals surface area contributed by atoms with Gasteiger partial charge in [-0.15, -0.1) is 0 Å². The Balaban J connectivity index is 1.76. The summed E-state index contributed by atoms with van der Waals surface area (Å²) < 4.78 is 11.0. The Morgan fingerprint density at radius 2 is 1.61 bits per heavy atom. The number of benzene rings is 2. The molecule has 5 nitrogen and oxygen atoms in total. The molecule has 0 aliphatic rings. The summed E-state index contributed by atoms with van der Waals surface area (Å²) in [6, 6.07) is 15.0. The van der Waals surface area contributed by atoms with Gasteiger partial charge in [0.1, 0.15) is 0 Å². The van der Waals surface area contributed by atoms with Gasteiger partial charge < -0.3 is 20.1 Å². The van der Waals surface area contributed by atoms with Crippen LogP contribution >= 0.6 is 0 Å².